The number of hydrogen-bond acceptors (Lipinski definition) is 3. The molecule has 1 amide bonds. The van der Waals surface area contributed by atoms with Gasteiger partial charge in [-0.2, -0.15) is 0 Å². The van der Waals surface area contributed by atoms with Gasteiger partial charge in [-0.3, -0.25) is 4.79 Å². The minimum absolute atomic E-state index is 0.0284. The van der Waals surface area contributed by atoms with Crippen LogP contribution in [0.4, 0.5) is 0 Å². The van der Waals surface area contributed by atoms with Crippen molar-refractivity contribution in [1.82, 2.24) is 4.90 Å². The molecule has 0 unspecified atom stereocenters. The molecule has 4 nitrogen and oxygen atoms in total. The Hall–Kier alpha value is -2.20. The molecule has 0 aliphatic carbocycles. The Labute approximate surface area is 141 Å². The highest BCUT2D eigenvalue weighted by Crippen LogP contribution is 2.15. The molecule has 2 rings (SSSR count). The van der Waals surface area contributed by atoms with Gasteiger partial charge in [-0.05, 0) is 36.4 Å². The van der Waals surface area contributed by atoms with Crippen LogP contribution in [0.1, 0.15) is 6.42 Å². The number of carbonyl (C=O) groups excluding carboxylic acids is 1. The Morgan fingerprint density at radius 3 is 2.26 bits per heavy atom. The lowest BCUT2D eigenvalue weighted by molar-refractivity contribution is -0.130. The van der Waals surface area contributed by atoms with E-state index in [-0.39, 0.29) is 5.91 Å². The van der Waals surface area contributed by atoms with Gasteiger partial charge in [-0.15, -0.1) is 0 Å². The maximum Gasteiger partial charge on any atom is 0.225 e. The summed E-state index contributed by atoms with van der Waals surface area (Å²) in [5.41, 5.74) is 0. The van der Waals surface area contributed by atoms with E-state index < -0.39 is 0 Å². The molecule has 0 aliphatic rings. The lowest BCUT2D eigenvalue weighted by Crippen LogP contribution is -2.31. The molecule has 0 fully saturated rings. The molecule has 0 saturated carbocycles. The van der Waals surface area contributed by atoms with Gasteiger partial charge in [-0.1, -0.05) is 29.8 Å². The molecule has 0 spiro atoms. The van der Waals surface area contributed by atoms with E-state index in [0.717, 1.165) is 11.5 Å². The zero-order valence-corrected chi connectivity index (χ0v) is 13.8. The molecular formula is C18H20ClNO3. The number of benzene rings is 2. The van der Waals surface area contributed by atoms with Crippen LogP contribution < -0.4 is 9.47 Å². The Balaban J connectivity index is 1.63. The van der Waals surface area contributed by atoms with Gasteiger partial charge in [-0.25, -0.2) is 0 Å². The first-order valence-corrected chi connectivity index (χ1v) is 7.83. The maximum atomic E-state index is 12.0. The zero-order chi connectivity index (χ0) is 16.5. The number of likely N-dealkylation sites (N-methyl/N-ethyl adjacent to an activating group) is 1. The van der Waals surface area contributed by atoms with Gasteiger partial charge in [0.2, 0.25) is 5.91 Å². The van der Waals surface area contributed by atoms with E-state index in [9.17, 15) is 4.79 Å². The average molecular weight is 334 g/mol. The number of carbonyl (C=O) groups is 1. The van der Waals surface area contributed by atoms with E-state index in [2.05, 4.69) is 0 Å². The topological polar surface area (TPSA) is 38.8 Å². The molecule has 0 heterocycles. The van der Waals surface area contributed by atoms with Crippen molar-refractivity contribution in [3.63, 3.8) is 0 Å². The van der Waals surface area contributed by atoms with E-state index in [1.165, 1.54) is 0 Å². The molecule has 0 N–H and O–H groups in total. The van der Waals surface area contributed by atoms with E-state index in [1.54, 1.807) is 36.2 Å². The van der Waals surface area contributed by atoms with Crippen molar-refractivity contribution in [2.75, 3.05) is 26.8 Å². The molecule has 2 aromatic carbocycles. The summed E-state index contributed by atoms with van der Waals surface area (Å²) in [7, 11) is 1.76. The molecule has 23 heavy (non-hydrogen) atoms. The summed E-state index contributed by atoms with van der Waals surface area (Å²) < 4.78 is 11.1. The number of nitrogens with zero attached hydrogens (tertiary/aromatic N) is 1. The molecule has 0 aliphatic heterocycles. The van der Waals surface area contributed by atoms with Crippen LogP contribution in [0.5, 0.6) is 11.5 Å². The monoisotopic (exact) mass is 333 g/mol. The van der Waals surface area contributed by atoms with Crippen molar-refractivity contribution in [3.05, 3.63) is 59.6 Å². The number of para-hydroxylation sites is 1. The lowest BCUT2D eigenvalue weighted by atomic mass is 10.3. The van der Waals surface area contributed by atoms with Gasteiger partial charge in [0, 0.05) is 12.1 Å². The van der Waals surface area contributed by atoms with Crippen molar-refractivity contribution in [2.24, 2.45) is 0 Å². The second kappa shape index (κ2) is 9.06. The van der Waals surface area contributed by atoms with Crippen LogP contribution in [0, 0.1) is 0 Å². The SMILES string of the molecule is CN(CCOc1ccc(Cl)cc1)C(=O)CCOc1ccccc1. The fourth-order valence-electron chi connectivity index (χ4n) is 1.92. The third-order valence-corrected chi connectivity index (χ3v) is 3.51. The first-order chi connectivity index (χ1) is 11.1. The van der Waals surface area contributed by atoms with Gasteiger partial charge in [0.1, 0.15) is 18.1 Å². The van der Waals surface area contributed by atoms with Gasteiger partial charge < -0.3 is 14.4 Å². The van der Waals surface area contributed by atoms with Crippen LogP contribution in [0.15, 0.2) is 54.6 Å². The predicted molar refractivity (Wildman–Crippen MR) is 91.1 cm³/mol. The van der Waals surface area contributed by atoms with Gasteiger partial charge in [0.15, 0.2) is 0 Å². The molecule has 0 saturated heterocycles. The van der Waals surface area contributed by atoms with Crippen LogP contribution in [0.3, 0.4) is 0 Å². The number of halogens is 1. The summed E-state index contributed by atoms with van der Waals surface area (Å²) in [6, 6.07) is 16.6. The highest BCUT2D eigenvalue weighted by molar-refractivity contribution is 6.30. The molecule has 0 atom stereocenters. The third-order valence-electron chi connectivity index (χ3n) is 3.26. The zero-order valence-electron chi connectivity index (χ0n) is 13.1. The fraction of sp³-hybridized carbons (Fsp3) is 0.278. The normalized spacial score (nSPS) is 10.2. The second-order valence-corrected chi connectivity index (χ2v) is 5.47. The first-order valence-electron chi connectivity index (χ1n) is 7.45. The molecule has 0 aromatic heterocycles. The number of amides is 1. The Bertz CT molecular complexity index is 601. The standard InChI is InChI=1S/C18H20ClNO3/c1-20(12-14-23-17-9-7-15(19)8-10-17)18(21)11-13-22-16-5-3-2-4-6-16/h2-10H,11-14H2,1H3. The number of rotatable bonds is 8. The van der Waals surface area contributed by atoms with E-state index in [1.807, 2.05) is 30.3 Å². The van der Waals surface area contributed by atoms with Crippen molar-refractivity contribution in [2.45, 2.75) is 6.42 Å². The minimum atomic E-state index is 0.0284. The van der Waals surface area contributed by atoms with Crippen LogP contribution in [0.25, 0.3) is 0 Å². The largest absolute Gasteiger partial charge is 0.493 e. The Morgan fingerprint density at radius 2 is 1.57 bits per heavy atom. The summed E-state index contributed by atoms with van der Waals surface area (Å²) in [6.45, 7) is 1.32. The van der Waals surface area contributed by atoms with Crippen LogP contribution in [-0.2, 0) is 4.79 Å². The lowest BCUT2D eigenvalue weighted by Gasteiger charge is -2.17. The summed E-state index contributed by atoms with van der Waals surface area (Å²) in [5, 5.41) is 0.670. The van der Waals surface area contributed by atoms with Crippen LogP contribution >= 0.6 is 11.6 Å². The predicted octanol–water partition coefficient (Wildman–Crippen LogP) is 3.65. The molecule has 0 bridgehead atoms. The highest BCUT2D eigenvalue weighted by Gasteiger charge is 2.09. The summed E-state index contributed by atoms with van der Waals surface area (Å²) in [4.78, 5) is 13.6. The molecule has 2 aromatic rings. The molecule has 0 radical (unpaired) electrons. The van der Waals surface area contributed by atoms with Gasteiger partial charge in [0.05, 0.1) is 19.6 Å². The average Bonchev–Trinajstić information content (AvgIpc) is 2.57. The van der Waals surface area contributed by atoms with Gasteiger partial charge in [0.25, 0.3) is 0 Å². The highest BCUT2D eigenvalue weighted by atomic mass is 35.5. The maximum absolute atomic E-state index is 12.0. The molecule has 5 heteroatoms. The van der Waals surface area contributed by atoms with E-state index in [4.69, 9.17) is 21.1 Å². The van der Waals surface area contributed by atoms with Crippen LogP contribution in [0.2, 0.25) is 5.02 Å². The van der Waals surface area contributed by atoms with Crippen LogP contribution in [-0.4, -0.2) is 37.6 Å². The Kier molecular flexibility index (Phi) is 6.76. The van der Waals surface area contributed by atoms with E-state index >= 15 is 0 Å². The summed E-state index contributed by atoms with van der Waals surface area (Å²) in [6.07, 6.45) is 0.340. The summed E-state index contributed by atoms with van der Waals surface area (Å²) >= 11 is 5.81. The van der Waals surface area contributed by atoms with Crippen molar-refractivity contribution < 1.29 is 14.3 Å². The van der Waals surface area contributed by atoms with Crippen molar-refractivity contribution >= 4 is 17.5 Å². The Morgan fingerprint density at radius 1 is 0.957 bits per heavy atom. The van der Waals surface area contributed by atoms with Crippen molar-refractivity contribution in [1.29, 1.82) is 0 Å². The third kappa shape index (κ3) is 6.20. The number of hydrogen-bond donors (Lipinski definition) is 0. The molecular weight excluding hydrogens is 314 g/mol. The van der Waals surface area contributed by atoms with Gasteiger partial charge >= 0.3 is 0 Å². The smallest absolute Gasteiger partial charge is 0.225 e. The first kappa shape index (κ1) is 17.2. The summed E-state index contributed by atoms with van der Waals surface area (Å²) in [5.74, 6) is 1.54. The molecule has 122 valence electrons. The van der Waals surface area contributed by atoms with Crippen molar-refractivity contribution in [3.8, 4) is 11.5 Å². The fourth-order valence-corrected chi connectivity index (χ4v) is 2.05. The minimum Gasteiger partial charge on any atom is -0.493 e. The quantitative estimate of drug-likeness (QED) is 0.740. The number of ether oxygens (including phenoxy) is 2. The van der Waals surface area contributed by atoms with E-state index in [0.29, 0.717) is 31.2 Å². The second-order valence-electron chi connectivity index (χ2n) is 5.03.